The molecule has 18 heavy (non-hydrogen) atoms. The Kier molecular flexibility index (Phi) is 4.07. The van der Waals surface area contributed by atoms with Crippen LogP contribution in [0.4, 0.5) is 5.69 Å². The van der Waals surface area contributed by atoms with Crippen LogP contribution in [0.5, 0.6) is 0 Å². The Labute approximate surface area is 116 Å². The van der Waals surface area contributed by atoms with Gasteiger partial charge in [-0.2, -0.15) is 11.8 Å². The second-order valence-electron chi connectivity index (χ2n) is 4.33. The molecule has 0 bridgehead atoms. The lowest BCUT2D eigenvalue weighted by atomic mass is 9.92. The van der Waals surface area contributed by atoms with Crippen LogP contribution < -0.4 is 5.32 Å². The smallest absolute Gasteiger partial charge is 0.332 e. The molecule has 3 nitrogen and oxygen atoms in total. The normalized spacial score (nSPS) is 26.9. The molecule has 0 aliphatic carbocycles. The summed E-state index contributed by atoms with van der Waals surface area (Å²) in [6.07, 6.45) is 0.747. The van der Waals surface area contributed by atoms with Crippen molar-refractivity contribution in [1.29, 1.82) is 0 Å². The number of esters is 1. The van der Waals surface area contributed by atoms with Gasteiger partial charge in [0, 0.05) is 5.25 Å². The maximum absolute atomic E-state index is 12.1. The number of carbonyl (C=O) groups is 1. The first kappa shape index (κ1) is 13.6. The fourth-order valence-electron chi connectivity index (χ4n) is 2.21. The highest BCUT2D eigenvalue weighted by Gasteiger charge is 2.48. The van der Waals surface area contributed by atoms with Crippen molar-refractivity contribution in [3.05, 3.63) is 29.3 Å². The van der Waals surface area contributed by atoms with E-state index in [9.17, 15) is 4.79 Å². The molecular formula is C13H16ClNO2S. The molecule has 1 fully saturated rings. The highest BCUT2D eigenvalue weighted by atomic mass is 35.5. The molecule has 1 aromatic rings. The molecule has 0 radical (unpaired) electrons. The molecule has 0 saturated carbocycles. The lowest BCUT2D eigenvalue weighted by Gasteiger charge is -2.32. The first-order valence-corrected chi connectivity index (χ1v) is 7.25. The molecule has 1 aliphatic rings. The van der Waals surface area contributed by atoms with Crippen LogP contribution in [0.2, 0.25) is 5.02 Å². The van der Waals surface area contributed by atoms with Crippen molar-refractivity contribution in [2.75, 3.05) is 18.2 Å². The van der Waals surface area contributed by atoms with Gasteiger partial charge in [-0.15, -0.1) is 0 Å². The molecule has 0 spiro atoms. The third kappa shape index (κ3) is 2.31. The van der Waals surface area contributed by atoms with Crippen LogP contribution in [-0.2, 0) is 9.53 Å². The Morgan fingerprint density at radius 2 is 2.28 bits per heavy atom. The van der Waals surface area contributed by atoms with E-state index >= 15 is 0 Å². The molecule has 2 atom stereocenters. The molecule has 2 rings (SSSR count). The number of rotatable bonds is 3. The van der Waals surface area contributed by atoms with Gasteiger partial charge in [-0.1, -0.05) is 30.7 Å². The van der Waals surface area contributed by atoms with Crippen LogP contribution in [0.1, 0.15) is 13.3 Å². The van der Waals surface area contributed by atoms with Gasteiger partial charge in [0.2, 0.25) is 0 Å². The monoisotopic (exact) mass is 285 g/mol. The number of carbonyl (C=O) groups excluding carboxylic acids is 1. The number of anilines is 1. The van der Waals surface area contributed by atoms with Gasteiger partial charge in [0.1, 0.15) is 5.54 Å². The minimum atomic E-state index is -0.676. The zero-order valence-electron chi connectivity index (χ0n) is 10.4. The summed E-state index contributed by atoms with van der Waals surface area (Å²) in [6.45, 7) is 2.04. The second-order valence-corrected chi connectivity index (χ2v) is 6.19. The van der Waals surface area contributed by atoms with E-state index in [0.717, 1.165) is 17.9 Å². The number of benzene rings is 1. The predicted octanol–water partition coefficient (Wildman–Crippen LogP) is 3.19. The topological polar surface area (TPSA) is 38.3 Å². The lowest BCUT2D eigenvalue weighted by Crippen LogP contribution is -2.51. The van der Waals surface area contributed by atoms with Crippen LogP contribution in [-0.4, -0.2) is 29.6 Å². The third-order valence-electron chi connectivity index (χ3n) is 3.34. The van der Waals surface area contributed by atoms with Gasteiger partial charge in [-0.25, -0.2) is 4.79 Å². The van der Waals surface area contributed by atoms with Crippen molar-refractivity contribution in [3.63, 3.8) is 0 Å². The van der Waals surface area contributed by atoms with Gasteiger partial charge in [-0.3, -0.25) is 0 Å². The van der Waals surface area contributed by atoms with E-state index in [1.54, 1.807) is 11.8 Å². The summed E-state index contributed by atoms with van der Waals surface area (Å²) < 4.78 is 4.96. The molecule has 2 unspecified atom stereocenters. The molecule has 1 heterocycles. The zero-order valence-corrected chi connectivity index (χ0v) is 12.0. The molecule has 1 aliphatic heterocycles. The summed E-state index contributed by atoms with van der Waals surface area (Å²) in [5, 5.41) is 4.07. The van der Waals surface area contributed by atoms with Gasteiger partial charge in [0.25, 0.3) is 0 Å². The van der Waals surface area contributed by atoms with E-state index < -0.39 is 5.54 Å². The maximum Gasteiger partial charge on any atom is 0.332 e. The maximum atomic E-state index is 12.1. The van der Waals surface area contributed by atoms with E-state index in [0.29, 0.717) is 5.02 Å². The molecule has 1 saturated heterocycles. The van der Waals surface area contributed by atoms with Crippen molar-refractivity contribution in [3.8, 4) is 0 Å². The minimum absolute atomic E-state index is 0.154. The van der Waals surface area contributed by atoms with Crippen LogP contribution in [0.15, 0.2) is 24.3 Å². The van der Waals surface area contributed by atoms with Crippen molar-refractivity contribution >= 4 is 35.0 Å². The fourth-order valence-corrected chi connectivity index (χ4v) is 3.74. The first-order valence-electron chi connectivity index (χ1n) is 5.83. The van der Waals surface area contributed by atoms with Gasteiger partial charge >= 0.3 is 5.97 Å². The van der Waals surface area contributed by atoms with Crippen LogP contribution in [0.3, 0.4) is 0 Å². The van der Waals surface area contributed by atoms with Crippen LogP contribution >= 0.6 is 23.4 Å². The summed E-state index contributed by atoms with van der Waals surface area (Å²) in [5.41, 5.74) is 0.101. The molecule has 0 aromatic heterocycles. The highest BCUT2D eigenvalue weighted by Crippen LogP contribution is 2.40. The van der Waals surface area contributed by atoms with Crippen molar-refractivity contribution in [2.45, 2.75) is 24.1 Å². The Bertz CT molecular complexity index is 454. The SMILES string of the molecule is COC(=O)C1(Nc2ccccc2Cl)CCSC1C. The number of para-hydroxylation sites is 1. The molecule has 0 amide bonds. The zero-order chi connectivity index (χ0) is 13.2. The summed E-state index contributed by atoms with van der Waals surface area (Å²) in [6, 6.07) is 7.45. The number of hydrogen-bond donors (Lipinski definition) is 1. The summed E-state index contributed by atoms with van der Waals surface area (Å²) in [5.74, 6) is 0.716. The van der Waals surface area contributed by atoms with E-state index in [-0.39, 0.29) is 11.2 Å². The molecule has 5 heteroatoms. The predicted molar refractivity (Wildman–Crippen MR) is 76.4 cm³/mol. The fraction of sp³-hybridized carbons (Fsp3) is 0.462. The number of thioether (sulfide) groups is 1. The largest absolute Gasteiger partial charge is 0.467 e. The Morgan fingerprint density at radius 1 is 1.56 bits per heavy atom. The number of hydrogen-bond acceptors (Lipinski definition) is 4. The quantitative estimate of drug-likeness (QED) is 0.866. The second kappa shape index (κ2) is 5.41. The molecule has 98 valence electrons. The van der Waals surface area contributed by atoms with Gasteiger partial charge < -0.3 is 10.1 Å². The van der Waals surface area contributed by atoms with Crippen molar-refractivity contribution < 1.29 is 9.53 Å². The van der Waals surface area contributed by atoms with Crippen molar-refractivity contribution in [1.82, 2.24) is 0 Å². The number of methoxy groups -OCH3 is 1. The van der Waals surface area contributed by atoms with Crippen LogP contribution in [0, 0.1) is 0 Å². The molecule has 1 N–H and O–H groups in total. The summed E-state index contributed by atoms with van der Waals surface area (Å²) >= 11 is 7.91. The van der Waals surface area contributed by atoms with Gasteiger partial charge in [0.15, 0.2) is 0 Å². The van der Waals surface area contributed by atoms with E-state index in [1.807, 2.05) is 31.2 Å². The Morgan fingerprint density at radius 3 is 2.83 bits per heavy atom. The minimum Gasteiger partial charge on any atom is -0.467 e. The third-order valence-corrected chi connectivity index (χ3v) is 5.01. The van der Waals surface area contributed by atoms with Gasteiger partial charge in [0.05, 0.1) is 17.8 Å². The Balaban J connectivity index is 2.32. The first-order chi connectivity index (χ1) is 8.60. The molecular weight excluding hydrogens is 270 g/mol. The molecule has 1 aromatic carbocycles. The average Bonchev–Trinajstić information content (AvgIpc) is 2.74. The summed E-state index contributed by atoms with van der Waals surface area (Å²) in [7, 11) is 1.42. The Hall–Kier alpha value is -0.870. The highest BCUT2D eigenvalue weighted by molar-refractivity contribution is 8.00. The lowest BCUT2D eigenvalue weighted by molar-refractivity contribution is -0.145. The average molecular weight is 286 g/mol. The van der Waals surface area contributed by atoms with Crippen molar-refractivity contribution in [2.24, 2.45) is 0 Å². The number of nitrogens with one attached hydrogen (secondary N) is 1. The van der Waals surface area contributed by atoms with E-state index in [4.69, 9.17) is 16.3 Å². The van der Waals surface area contributed by atoms with Crippen LogP contribution in [0.25, 0.3) is 0 Å². The number of halogens is 1. The standard InChI is InChI=1S/C13H16ClNO2S/c1-9-13(7-8-18-9,12(16)17-2)15-11-6-4-3-5-10(11)14/h3-6,9,15H,7-8H2,1-2H3. The van der Waals surface area contributed by atoms with E-state index in [2.05, 4.69) is 5.32 Å². The van der Waals surface area contributed by atoms with Gasteiger partial charge in [-0.05, 0) is 24.3 Å². The van der Waals surface area contributed by atoms with E-state index in [1.165, 1.54) is 7.11 Å². The number of ether oxygens (including phenoxy) is 1. The summed E-state index contributed by atoms with van der Waals surface area (Å²) in [4.78, 5) is 12.1.